The smallest absolute Gasteiger partial charge is 0.243 e. The topological polar surface area (TPSA) is 80.5 Å². The third-order valence-electron chi connectivity index (χ3n) is 3.06. The first kappa shape index (κ1) is 13.0. The molecule has 1 aliphatic heterocycles. The molecule has 0 saturated carbocycles. The first-order valence-corrected chi connectivity index (χ1v) is 7.66. The molecule has 0 spiro atoms. The van der Waals surface area contributed by atoms with Crippen molar-refractivity contribution in [2.75, 3.05) is 17.7 Å². The van der Waals surface area contributed by atoms with E-state index in [0.717, 1.165) is 12.7 Å². The van der Waals surface area contributed by atoms with Gasteiger partial charge in [-0.2, -0.15) is 0 Å². The molecule has 18 heavy (non-hydrogen) atoms. The Morgan fingerprint density at radius 3 is 2.44 bits per heavy atom. The summed E-state index contributed by atoms with van der Waals surface area (Å²) < 4.78 is 22.7. The Bertz CT molecular complexity index is 551. The van der Waals surface area contributed by atoms with Crippen molar-refractivity contribution < 1.29 is 13.2 Å². The molecule has 1 atom stereocenters. The Morgan fingerprint density at radius 1 is 1.28 bits per heavy atom. The van der Waals surface area contributed by atoms with Crippen LogP contribution in [-0.2, 0) is 14.6 Å². The number of sulfone groups is 1. The van der Waals surface area contributed by atoms with E-state index in [1.807, 2.05) is 0 Å². The average molecular weight is 268 g/mol. The van der Waals surface area contributed by atoms with Crippen molar-refractivity contribution in [1.29, 1.82) is 0 Å². The molecule has 1 fully saturated rings. The minimum Gasteiger partial charge on any atom is -0.320 e. The zero-order valence-electron chi connectivity index (χ0n) is 10.2. The number of nitrogens with two attached hydrogens (primary N) is 1. The Kier molecular flexibility index (Phi) is 3.41. The van der Waals surface area contributed by atoms with E-state index >= 15 is 0 Å². The number of anilines is 1. The van der Waals surface area contributed by atoms with E-state index in [4.69, 9.17) is 5.73 Å². The maximum Gasteiger partial charge on any atom is 0.243 e. The van der Waals surface area contributed by atoms with Gasteiger partial charge in [0.2, 0.25) is 5.91 Å². The van der Waals surface area contributed by atoms with Gasteiger partial charge in [-0.1, -0.05) is 0 Å². The fraction of sp³-hybridized carbons (Fsp3) is 0.417. The molecule has 2 N–H and O–H groups in total. The standard InChI is InChI=1S/C12H16N2O3S/c1-18(16,17)10-6-4-9(5-7-10)14-8-2-3-11(13)12(14)15/h4-7,11H,2-3,8,13H2,1H3. The second-order valence-electron chi connectivity index (χ2n) is 4.50. The first-order chi connectivity index (χ1) is 8.39. The molecule has 0 bridgehead atoms. The van der Waals surface area contributed by atoms with Crippen LogP contribution in [-0.4, -0.2) is 33.2 Å². The van der Waals surface area contributed by atoms with E-state index < -0.39 is 15.9 Å². The lowest BCUT2D eigenvalue weighted by Gasteiger charge is -2.30. The molecule has 1 aliphatic rings. The van der Waals surface area contributed by atoms with Crippen molar-refractivity contribution in [1.82, 2.24) is 0 Å². The molecule has 1 saturated heterocycles. The largest absolute Gasteiger partial charge is 0.320 e. The van der Waals surface area contributed by atoms with Gasteiger partial charge in [0.1, 0.15) is 0 Å². The minimum absolute atomic E-state index is 0.103. The molecular formula is C12H16N2O3S. The van der Waals surface area contributed by atoms with Crippen LogP contribution >= 0.6 is 0 Å². The van der Waals surface area contributed by atoms with Crippen LogP contribution in [0.3, 0.4) is 0 Å². The number of nitrogens with zero attached hydrogens (tertiary/aromatic N) is 1. The second-order valence-corrected chi connectivity index (χ2v) is 6.52. The summed E-state index contributed by atoms with van der Waals surface area (Å²) in [5.41, 5.74) is 6.41. The fourth-order valence-corrected chi connectivity index (χ4v) is 2.66. The van der Waals surface area contributed by atoms with Gasteiger partial charge in [0.05, 0.1) is 10.9 Å². The fourth-order valence-electron chi connectivity index (χ4n) is 2.03. The molecule has 1 aromatic carbocycles. The number of carbonyl (C=O) groups is 1. The molecule has 0 aromatic heterocycles. The number of hydrogen-bond donors (Lipinski definition) is 1. The first-order valence-electron chi connectivity index (χ1n) is 5.76. The van der Waals surface area contributed by atoms with E-state index in [1.165, 1.54) is 12.1 Å². The monoisotopic (exact) mass is 268 g/mol. The Hall–Kier alpha value is -1.40. The molecular weight excluding hydrogens is 252 g/mol. The van der Waals surface area contributed by atoms with Gasteiger partial charge in [-0.05, 0) is 37.1 Å². The number of carbonyl (C=O) groups excluding carboxylic acids is 1. The summed E-state index contributed by atoms with van der Waals surface area (Å²) in [6.07, 6.45) is 2.72. The zero-order chi connectivity index (χ0) is 13.3. The molecule has 2 rings (SSSR count). The van der Waals surface area contributed by atoms with Gasteiger partial charge in [0.25, 0.3) is 0 Å². The van der Waals surface area contributed by atoms with Crippen molar-refractivity contribution >= 4 is 21.4 Å². The van der Waals surface area contributed by atoms with Gasteiger partial charge in [-0.25, -0.2) is 8.42 Å². The second kappa shape index (κ2) is 4.70. The van der Waals surface area contributed by atoms with Crippen LogP contribution in [0.4, 0.5) is 5.69 Å². The van der Waals surface area contributed by atoms with Crippen LogP contribution in [0.5, 0.6) is 0 Å². The van der Waals surface area contributed by atoms with E-state index in [-0.39, 0.29) is 10.8 Å². The number of piperidine rings is 1. The minimum atomic E-state index is -3.20. The van der Waals surface area contributed by atoms with Crippen LogP contribution in [0, 0.1) is 0 Å². The highest BCUT2D eigenvalue weighted by molar-refractivity contribution is 7.90. The molecule has 1 heterocycles. The lowest BCUT2D eigenvalue weighted by molar-refractivity contribution is -0.120. The van der Waals surface area contributed by atoms with Crippen LogP contribution < -0.4 is 10.6 Å². The molecule has 0 aliphatic carbocycles. The molecule has 1 amide bonds. The quantitative estimate of drug-likeness (QED) is 0.849. The van der Waals surface area contributed by atoms with Crippen LogP contribution in [0.15, 0.2) is 29.2 Å². The van der Waals surface area contributed by atoms with Crippen molar-refractivity contribution in [3.05, 3.63) is 24.3 Å². The van der Waals surface area contributed by atoms with E-state index in [2.05, 4.69) is 0 Å². The highest BCUT2D eigenvalue weighted by atomic mass is 32.2. The average Bonchev–Trinajstić information content (AvgIpc) is 2.32. The number of amides is 1. The summed E-state index contributed by atoms with van der Waals surface area (Å²) in [7, 11) is -3.20. The number of rotatable bonds is 2. The van der Waals surface area contributed by atoms with Crippen molar-refractivity contribution in [3.8, 4) is 0 Å². The summed E-state index contributed by atoms with van der Waals surface area (Å²) in [5.74, 6) is -0.103. The highest BCUT2D eigenvalue weighted by Crippen LogP contribution is 2.22. The summed E-state index contributed by atoms with van der Waals surface area (Å²) in [6.45, 7) is 0.630. The van der Waals surface area contributed by atoms with E-state index in [9.17, 15) is 13.2 Å². The SMILES string of the molecule is CS(=O)(=O)c1ccc(N2CCCC(N)C2=O)cc1. The molecule has 98 valence electrons. The predicted octanol–water partition coefficient (Wildman–Crippen LogP) is 0.544. The maximum absolute atomic E-state index is 11.9. The Labute approximate surface area is 107 Å². The van der Waals surface area contributed by atoms with Crippen LogP contribution in [0.2, 0.25) is 0 Å². The highest BCUT2D eigenvalue weighted by Gasteiger charge is 2.26. The maximum atomic E-state index is 11.9. The summed E-state index contributed by atoms with van der Waals surface area (Å²) >= 11 is 0. The molecule has 0 radical (unpaired) electrons. The lowest BCUT2D eigenvalue weighted by atomic mass is 10.1. The number of benzene rings is 1. The van der Waals surface area contributed by atoms with Crippen molar-refractivity contribution in [2.45, 2.75) is 23.8 Å². The van der Waals surface area contributed by atoms with Crippen molar-refractivity contribution in [3.63, 3.8) is 0 Å². The Morgan fingerprint density at radius 2 is 1.89 bits per heavy atom. The van der Waals surface area contributed by atoms with Gasteiger partial charge in [-0.15, -0.1) is 0 Å². The summed E-state index contributed by atoms with van der Waals surface area (Å²) in [4.78, 5) is 13.8. The third-order valence-corrected chi connectivity index (χ3v) is 4.19. The van der Waals surface area contributed by atoms with Crippen LogP contribution in [0.1, 0.15) is 12.8 Å². The Balaban J connectivity index is 2.27. The summed E-state index contributed by atoms with van der Waals surface area (Å²) in [6, 6.07) is 5.86. The molecule has 6 heteroatoms. The normalized spacial score (nSPS) is 21.1. The lowest BCUT2D eigenvalue weighted by Crippen LogP contribution is -2.48. The van der Waals surface area contributed by atoms with Gasteiger partial charge in [0, 0.05) is 18.5 Å². The van der Waals surface area contributed by atoms with E-state index in [1.54, 1.807) is 17.0 Å². The van der Waals surface area contributed by atoms with Gasteiger partial charge in [-0.3, -0.25) is 4.79 Å². The summed E-state index contributed by atoms with van der Waals surface area (Å²) in [5, 5.41) is 0. The van der Waals surface area contributed by atoms with Crippen LogP contribution in [0.25, 0.3) is 0 Å². The van der Waals surface area contributed by atoms with E-state index in [0.29, 0.717) is 18.7 Å². The van der Waals surface area contributed by atoms with Gasteiger partial charge in [0.15, 0.2) is 9.84 Å². The zero-order valence-corrected chi connectivity index (χ0v) is 11.0. The third kappa shape index (κ3) is 2.54. The van der Waals surface area contributed by atoms with Gasteiger partial charge >= 0.3 is 0 Å². The molecule has 5 nitrogen and oxygen atoms in total. The van der Waals surface area contributed by atoms with Crippen molar-refractivity contribution in [2.24, 2.45) is 5.73 Å². The predicted molar refractivity (Wildman–Crippen MR) is 69.1 cm³/mol. The number of hydrogen-bond acceptors (Lipinski definition) is 4. The van der Waals surface area contributed by atoms with Gasteiger partial charge < -0.3 is 10.6 Å². The molecule has 1 unspecified atom stereocenters. The molecule has 1 aromatic rings.